The molecule has 0 saturated carbocycles. The van der Waals surface area contributed by atoms with E-state index in [-0.39, 0.29) is 37.9 Å². The largest absolute Gasteiger partial charge is 0.493 e. The molecule has 0 bridgehead atoms. The van der Waals surface area contributed by atoms with E-state index < -0.39 is 17.5 Å². The number of fused-ring (bicyclic) bond motifs is 2. The highest BCUT2D eigenvalue weighted by Crippen LogP contribution is 2.44. The number of carbonyl (C=O) groups excluding carboxylic acids is 1. The van der Waals surface area contributed by atoms with Gasteiger partial charge in [-0.25, -0.2) is 0 Å². The number of aliphatic carboxylic acids is 2. The predicted octanol–water partition coefficient (Wildman–Crippen LogP) is 6.73. The second kappa shape index (κ2) is 13.0. The number of carbonyl (C=O) groups is 3. The third-order valence-electron chi connectivity index (χ3n) is 7.04. The maximum Gasteiger partial charge on any atom is 0.303 e. The SMILES string of the molecule is CCCc1c(OCCCOc2ccc(Cl)c3ccccc23)ccc2c1OC(CCC(=O)O)(CCC(=O)O)CC2=O. The van der Waals surface area contributed by atoms with Gasteiger partial charge in [-0.3, -0.25) is 14.4 Å². The van der Waals surface area contributed by atoms with Crippen molar-refractivity contribution in [3.63, 3.8) is 0 Å². The first-order valence-electron chi connectivity index (χ1n) is 13.5. The monoisotopic (exact) mass is 568 g/mol. The van der Waals surface area contributed by atoms with E-state index in [2.05, 4.69) is 0 Å². The standard InChI is InChI=1S/C31H33ClO8/c1-2-6-23-27(39-18-5-17-38-26-12-10-24(32)20-7-3-4-8-21(20)26)11-9-22-25(33)19-31(40-30(22)23,15-13-28(34)35)16-14-29(36)37/h3-4,7-12H,2,5-6,13-19H2,1H3,(H,34,35)(H,36,37). The number of halogens is 1. The summed E-state index contributed by atoms with van der Waals surface area (Å²) in [5.74, 6) is -0.559. The van der Waals surface area contributed by atoms with Gasteiger partial charge in [0.05, 0.1) is 25.2 Å². The first kappa shape index (κ1) is 29.2. The number of rotatable bonds is 14. The Labute approximate surface area is 237 Å². The van der Waals surface area contributed by atoms with Gasteiger partial charge in [0, 0.05) is 40.6 Å². The van der Waals surface area contributed by atoms with E-state index in [9.17, 15) is 24.6 Å². The van der Waals surface area contributed by atoms with Crippen LogP contribution in [0, 0.1) is 0 Å². The molecule has 0 fully saturated rings. The van der Waals surface area contributed by atoms with Gasteiger partial charge in [0.1, 0.15) is 22.8 Å². The lowest BCUT2D eigenvalue weighted by Crippen LogP contribution is -2.43. The zero-order valence-electron chi connectivity index (χ0n) is 22.4. The molecule has 3 aromatic rings. The molecule has 1 aliphatic heterocycles. The molecule has 3 aromatic carbocycles. The number of carboxylic acids is 2. The molecule has 0 aliphatic carbocycles. The summed E-state index contributed by atoms with van der Waals surface area (Å²) in [6, 6.07) is 14.9. The lowest BCUT2D eigenvalue weighted by molar-refractivity contribution is -0.139. The van der Waals surface area contributed by atoms with Crippen LogP contribution in [0.5, 0.6) is 17.2 Å². The fraction of sp³-hybridized carbons (Fsp3) is 0.387. The summed E-state index contributed by atoms with van der Waals surface area (Å²) in [7, 11) is 0. The van der Waals surface area contributed by atoms with Crippen LogP contribution >= 0.6 is 11.6 Å². The second-order valence-corrected chi connectivity index (χ2v) is 10.4. The fourth-order valence-corrected chi connectivity index (χ4v) is 5.29. The highest BCUT2D eigenvalue weighted by atomic mass is 35.5. The molecule has 4 rings (SSSR count). The minimum absolute atomic E-state index is 0.0359. The van der Waals surface area contributed by atoms with Gasteiger partial charge in [-0.15, -0.1) is 0 Å². The number of ether oxygens (including phenoxy) is 3. The Bertz CT molecular complexity index is 1380. The van der Waals surface area contributed by atoms with Crippen LogP contribution in [-0.2, 0) is 16.0 Å². The smallest absolute Gasteiger partial charge is 0.303 e. The number of Topliss-reactive ketones (excluding diaryl/α,β-unsaturated/α-hetero) is 1. The van der Waals surface area contributed by atoms with Crippen LogP contribution in [0.25, 0.3) is 10.8 Å². The minimum Gasteiger partial charge on any atom is -0.493 e. The summed E-state index contributed by atoms with van der Waals surface area (Å²) < 4.78 is 18.5. The van der Waals surface area contributed by atoms with Gasteiger partial charge in [0.15, 0.2) is 5.78 Å². The van der Waals surface area contributed by atoms with Gasteiger partial charge >= 0.3 is 11.9 Å². The van der Waals surface area contributed by atoms with Crippen LogP contribution in [0.4, 0.5) is 0 Å². The van der Waals surface area contributed by atoms with Crippen LogP contribution in [0.3, 0.4) is 0 Å². The average molecular weight is 569 g/mol. The zero-order chi connectivity index (χ0) is 28.7. The Balaban J connectivity index is 1.48. The summed E-state index contributed by atoms with van der Waals surface area (Å²) in [5.41, 5.74) is -0.0558. The van der Waals surface area contributed by atoms with Crippen LogP contribution < -0.4 is 14.2 Å². The molecule has 0 spiro atoms. The van der Waals surface area contributed by atoms with Gasteiger partial charge in [0.25, 0.3) is 0 Å². The molecule has 2 N–H and O–H groups in total. The first-order chi connectivity index (χ1) is 19.2. The molecule has 1 heterocycles. The zero-order valence-corrected chi connectivity index (χ0v) is 23.2. The summed E-state index contributed by atoms with van der Waals surface area (Å²) in [6.07, 6.45) is 1.47. The van der Waals surface area contributed by atoms with E-state index in [1.807, 2.05) is 43.3 Å². The molecule has 9 heteroatoms. The van der Waals surface area contributed by atoms with E-state index in [0.717, 1.165) is 28.5 Å². The van der Waals surface area contributed by atoms with Crippen molar-refractivity contribution >= 4 is 40.1 Å². The summed E-state index contributed by atoms with van der Waals surface area (Å²) in [5, 5.41) is 21.1. The third kappa shape index (κ3) is 6.86. The molecule has 0 unspecified atom stereocenters. The molecule has 0 atom stereocenters. The Morgan fingerprint density at radius 2 is 1.55 bits per heavy atom. The van der Waals surface area contributed by atoms with Crippen molar-refractivity contribution in [1.82, 2.24) is 0 Å². The van der Waals surface area contributed by atoms with E-state index in [0.29, 0.717) is 48.1 Å². The molecule has 0 amide bonds. The van der Waals surface area contributed by atoms with Crippen molar-refractivity contribution < 1.29 is 38.8 Å². The van der Waals surface area contributed by atoms with Crippen LogP contribution in [0.1, 0.15) is 67.8 Å². The van der Waals surface area contributed by atoms with E-state index in [4.69, 9.17) is 25.8 Å². The maximum atomic E-state index is 13.2. The molecule has 0 aromatic heterocycles. The quantitative estimate of drug-likeness (QED) is 0.205. The summed E-state index contributed by atoms with van der Waals surface area (Å²) in [4.78, 5) is 35.8. The van der Waals surface area contributed by atoms with Crippen molar-refractivity contribution in [2.24, 2.45) is 0 Å². The lowest BCUT2D eigenvalue weighted by Gasteiger charge is -2.39. The van der Waals surface area contributed by atoms with Gasteiger partial charge < -0.3 is 24.4 Å². The minimum atomic E-state index is -1.20. The van der Waals surface area contributed by atoms with Crippen molar-refractivity contribution in [3.8, 4) is 17.2 Å². The van der Waals surface area contributed by atoms with E-state index >= 15 is 0 Å². The fourth-order valence-electron chi connectivity index (χ4n) is 5.07. The van der Waals surface area contributed by atoms with Crippen molar-refractivity contribution in [2.75, 3.05) is 13.2 Å². The Kier molecular flexibility index (Phi) is 9.53. The van der Waals surface area contributed by atoms with Gasteiger partial charge in [-0.2, -0.15) is 0 Å². The Hall–Kier alpha value is -3.78. The number of ketones is 1. The van der Waals surface area contributed by atoms with Crippen LogP contribution in [-0.4, -0.2) is 46.7 Å². The number of hydrogen-bond acceptors (Lipinski definition) is 6. The maximum absolute atomic E-state index is 13.2. The van der Waals surface area contributed by atoms with Gasteiger partial charge in [-0.05, 0) is 43.5 Å². The van der Waals surface area contributed by atoms with Crippen molar-refractivity contribution in [2.45, 2.75) is 63.9 Å². The average Bonchev–Trinajstić information content (AvgIpc) is 2.93. The topological polar surface area (TPSA) is 119 Å². The van der Waals surface area contributed by atoms with E-state index in [1.165, 1.54) is 0 Å². The predicted molar refractivity (Wildman–Crippen MR) is 151 cm³/mol. The molecular weight excluding hydrogens is 536 g/mol. The van der Waals surface area contributed by atoms with E-state index in [1.54, 1.807) is 12.1 Å². The first-order valence-corrected chi connectivity index (χ1v) is 13.9. The highest BCUT2D eigenvalue weighted by Gasteiger charge is 2.42. The third-order valence-corrected chi connectivity index (χ3v) is 7.37. The molecule has 1 aliphatic rings. The van der Waals surface area contributed by atoms with Gasteiger partial charge in [0.2, 0.25) is 0 Å². The number of carboxylic acid groups (broad SMARTS) is 2. The second-order valence-electron chi connectivity index (χ2n) is 9.98. The molecule has 40 heavy (non-hydrogen) atoms. The summed E-state index contributed by atoms with van der Waals surface area (Å²) >= 11 is 6.30. The van der Waals surface area contributed by atoms with Crippen molar-refractivity contribution in [3.05, 3.63) is 64.7 Å². The molecule has 0 saturated heterocycles. The Morgan fingerprint density at radius 1 is 0.925 bits per heavy atom. The number of hydrogen-bond donors (Lipinski definition) is 2. The lowest BCUT2D eigenvalue weighted by atomic mass is 9.82. The highest BCUT2D eigenvalue weighted by molar-refractivity contribution is 6.35. The number of benzene rings is 3. The molecular formula is C31H33ClO8. The molecule has 212 valence electrons. The van der Waals surface area contributed by atoms with Gasteiger partial charge in [-0.1, -0.05) is 49.2 Å². The van der Waals surface area contributed by atoms with Crippen LogP contribution in [0.15, 0.2) is 48.5 Å². The molecule has 0 radical (unpaired) electrons. The van der Waals surface area contributed by atoms with Crippen molar-refractivity contribution in [1.29, 1.82) is 0 Å². The summed E-state index contributed by atoms with van der Waals surface area (Å²) in [6.45, 7) is 2.78. The normalized spacial score (nSPS) is 13.9. The molecule has 8 nitrogen and oxygen atoms in total. The van der Waals surface area contributed by atoms with Crippen LogP contribution in [0.2, 0.25) is 5.02 Å². The Morgan fingerprint density at radius 3 is 2.20 bits per heavy atom.